The second-order valence-corrected chi connectivity index (χ2v) is 14.6. The van der Waals surface area contributed by atoms with Gasteiger partial charge in [-0.05, 0) is 76.0 Å². The normalized spacial score (nSPS) is 10.5. The van der Waals surface area contributed by atoms with Gasteiger partial charge in [0.1, 0.15) is 19.4 Å². The summed E-state index contributed by atoms with van der Waals surface area (Å²) in [6.07, 6.45) is 11.3. The molecule has 0 aliphatic rings. The Hall–Kier alpha value is -4.38. The Morgan fingerprint density at radius 3 is 1.64 bits per heavy atom. The minimum Gasteiger partial charge on any atom is -0.307 e. The number of hydrogen-bond acceptors (Lipinski definition) is 5. The molecule has 0 amide bonds. The molecule has 0 unspecified atom stereocenters. The summed E-state index contributed by atoms with van der Waals surface area (Å²) in [4.78, 5) is 29.9. The number of unbranched alkanes of at least 4 members (excludes halogenated alkanes) is 1. The van der Waals surface area contributed by atoms with E-state index in [0.717, 1.165) is 70.9 Å². The van der Waals surface area contributed by atoms with Crippen molar-refractivity contribution in [3.63, 3.8) is 0 Å². The fourth-order valence-corrected chi connectivity index (χ4v) is 4.07. The van der Waals surface area contributed by atoms with Crippen LogP contribution in [-0.2, 0) is 20.8 Å². The van der Waals surface area contributed by atoms with Gasteiger partial charge in [-0.15, -0.1) is 0 Å². The molecule has 1 heterocycles. The number of halogens is 3. The summed E-state index contributed by atoms with van der Waals surface area (Å²) in [5.74, 6) is 1.13. The van der Waals surface area contributed by atoms with E-state index in [1.807, 2.05) is 32.8 Å². The third-order valence-corrected chi connectivity index (χ3v) is 6.54. The number of carbonyl (C=O) groups is 3. The number of aryl methyl sites for hydroxylation is 2. The van der Waals surface area contributed by atoms with Gasteiger partial charge < -0.3 is 14.4 Å². The molecule has 0 spiro atoms. The fraction of sp³-hybridized carbons (Fsp3) is 0.511. The standard InChI is InChI=1S/C20H22N2.C9H11F3.C8H18.C5H12.C3H6O.2CH2O/c1-4-6-7-18(13-21)20-12-19(14-22-15(20)3)17-10-8-16(5-2)9-11-17;1-4-8(9(10,11)12)6-5-7(2)3;1-4-6-8(3)7-5-2;1-5(2,3)4;1-3(2)4;2*1-2/h7-12,14H,4-6H2,1-3H3;4-6H,1H2,2-3H3;8H,4-7H2,1-3H3;1-4H3;1-2H3;2*1H2/b18-7-;8-6+;;;;;. The van der Waals surface area contributed by atoms with Gasteiger partial charge >= 0.3 is 6.18 Å². The van der Waals surface area contributed by atoms with Gasteiger partial charge in [0.05, 0.1) is 17.2 Å². The van der Waals surface area contributed by atoms with E-state index >= 15 is 0 Å². The van der Waals surface area contributed by atoms with Gasteiger partial charge in [0.2, 0.25) is 0 Å². The molecule has 310 valence electrons. The number of hydrogen-bond donors (Lipinski definition) is 0. The Morgan fingerprint density at radius 2 is 1.31 bits per heavy atom. The van der Waals surface area contributed by atoms with Crippen molar-refractivity contribution in [2.45, 2.75) is 148 Å². The maximum absolute atomic E-state index is 12.0. The molecule has 0 atom stereocenters. The molecule has 0 saturated carbocycles. The monoisotopic (exact) mass is 771 g/mol. The molecular formula is C47H73F3N2O3. The zero-order valence-electron chi connectivity index (χ0n) is 36.7. The largest absolute Gasteiger partial charge is 0.416 e. The lowest BCUT2D eigenvalue weighted by atomic mass is 9.98. The van der Waals surface area contributed by atoms with Crippen LogP contribution in [0.25, 0.3) is 16.7 Å². The first kappa shape index (κ1) is 59.9. The highest BCUT2D eigenvalue weighted by atomic mass is 19.4. The Labute approximate surface area is 333 Å². The van der Waals surface area contributed by atoms with E-state index in [2.05, 4.69) is 110 Å². The second kappa shape index (κ2) is 36.6. The first-order valence-corrected chi connectivity index (χ1v) is 18.9. The van der Waals surface area contributed by atoms with Gasteiger partial charge in [-0.25, -0.2) is 0 Å². The molecule has 2 rings (SSSR count). The van der Waals surface area contributed by atoms with Crippen molar-refractivity contribution in [3.05, 3.63) is 95.4 Å². The Kier molecular flexibility index (Phi) is 39.8. The zero-order valence-corrected chi connectivity index (χ0v) is 36.7. The topological polar surface area (TPSA) is 87.9 Å². The van der Waals surface area contributed by atoms with Crippen molar-refractivity contribution < 1.29 is 27.6 Å². The lowest BCUT2D eigenvalue weighted by Crippen LogP contribution is -2.09. The van der Waals surface area contributed by atoms with Gasteiger partial charge in [0.25, 0.3) is 0 Å². The third-order valence-electron chi connectivity index (χ3n) is 6.54. The number of nitriles is 1. The minimum absolute atomic E-state index is 0.167. The third kappa shape index (κ3) is 39.1. The number of Topliss-reactive ketones (excluding diaryl/α,β-unsaturated/α-hetero) is 1. The summed E-state index contributed by atoms with van der Waals surface area (Å²) >= 11 is 0. The minimum atomic E-state index is -4.30. The first-order chi connectivity index (χ1) is 25.6. The van der Waals surface area contributed by atoms with Crippen molar-refractivity contribution >= 4 is 24.9 Å². The molecule has 1 aromatic carbocycles. The van der Waals surface area contributed by atoms with Crippen LogP contribution in [0.4, 0.5) is 13.2 Å². The number of alkyl halides is 3. The van der Waals surface area contributed by atoms with Crippen LogP contribution in [0.15, 0.2) is 78.6 Å². The number of carbonyl (C=O) groups excluding carboxylic acids is 3. The average molecular weight is 771 g/mol. The van der Waals surface area contributed by atoms with Crippen LogP contribution >= 0.6 is 0 Å². The van der Waals surface area contributed by atoms with E-state index in [4.69, 9.17) is 9.59 Å². The van der Waals surface area contributed by atoms with Crippen molar-refractivity contribution in [2.75, 3.05) is 0 Å². The molecule has 8 heteroatoms. The first-order valence-electron chi connectivity index (χ1n) is 18.9. The van der Waals surface area contributed by atoms with Crippen LogP contribution in [0.2, 0.25) is 0 Å². The van der Waals surface area contributed by atoms with Crippen LogP contribution in [-0.4, -0.2) is 30.5 Å². The zero-order chi connectivity index (χ0) is 44.2. The summed E-state index contributed by atoms with van der Waals surface area (Å²) < 4.78 is 36.0. The molecule has 1 aromatic heterocycles. The summed E-state index contributed by atoms with van der Waals surface area (Å²) in [5.41, 5.74) is 6.68. The number of pyridine rings is 1. The van der Waals surface area contributed by atoms with E-state index in [-0.39, 0.29) is 5.78 Å². The highest BCUT2D eigenvalue weighted by molar-refractivity contribution is 5.80. The Morgan fingerprint density at radius 1 is 0.855 bits per heavy atom. The quantitative estimate of drug-likeness (QED) is 0.168. The van der Waals surface area contributed by atoms with Crippen molar-refractivity contribution in [3.8, 4) is 17.2 Å². The number of rotatable bonds is 11. The maximum Gasteiger partial charge on any atom is 0.416 e. The van der Waals surface area contributed by atoms with Crippen LogP contribution in [0.5, 0.6) is 0 Å². The van der Waals surface area contributed by atoms with Crippen LogP contribution in [0, 0.1) is 29.6 Å². The smallest absolute Gasteiger partial charge is 0.307 e. The van der Waals surface area contributed by atoms with Gasteiger partial charge in [0.15, 0.2) is 0 Å². The maximum atomic E-state index is 12.0. The number of ketones is 1. The van der Waals surface area contributed by atoms with E-state index in [1.165, 1.54) is 51.2 Å². The van der Waals surface area contributed by atoms with Crippen LogP contribution < -0.4 is 0 Å². The SMILES string of the molecule is C=C/C(=C\C=C(C)C)C(F)(F)F.C=O.C=O.CC(C)(C)C.CC(C)=O.CCC/C=C(/C#N)c1cc(-c2ccc(CC)cc2)cnc1C.CCCC(C)CCC. The van der Waals surface area contributed by atoms with Gasteiger partial charge in [-0.2, -0.15) is 18.4 Å². The Bertz CT molecular complexity index is 1400. The number of allylic oxidation sites excluding steroid dienone is 7. The molecule has 0 aliphatic carbocycles. The highest BCUT2D eigenvalue weighted by Gasteiger charge is 2.30. The number of aromatic nitrogens is 1. The Balaban J connectivity index is -0.000000213. The molecule has 0 fully saturated rings. The summed E-state index contributed by atoms with van der Waals surface area (Å²) in [6.45, 7) is 35.4. The van der Waals surface area contributed by atoms with Crippen molar-refractivity contribution in [2.24, 2.45) is 11.3 Å². The highest BCUT2D eigenvalue weighted by Crippen LogP contribution is 2.27. The molecule has 0 aliphatic heterocycles. The van der Waals surface area contributed by atoms with Crippen molar-refractivity contribution in [1.82, 2.24) is 4.98 Å². The molecule has 0 N–H and O–H groups in total. The predicted molar refractivity (Wildman–Crippen MR) is 231 cm³/mol. The fourth-order valence-electron chi connectivity index (χ4n) is 4.07. The predicted octanol–water partition coefficient (Wildman–Crippen LogP) is 14.5. The lowest BCUT2D eigenvalue weighted by molar-refractivity contribution is -0.115. The van der Waals surface area contributed by atoms with E-state index in [9.17, 15) is 23.2 Å². The number of nitrogens with zero attached hydrogens (tertiary/aromatic N) is 2. The van der Waals surface area contributed by atoms with E-state index in [1.54, 1.807) is 13.8 Å². The van der Waals surface area contributed by atoms with Crippen LogP contribution in [0.1, 0.15) is 145 Å². The molecular weight excluding hydrogens is 698 g/mol. The van der Waals surface area contributed by atoms with E-state index in [0.29, 0.717) is 5.41 Å². The van der Waals surface area contributed by atoms with Crippen LogP contribution in [0.3, 0.4) is 0 Å². The lowest BCUT2D eigenvalue weighted by Gasteiger charge is -2.08. The molecule has 0 radical (unpaired) electrons. The van der Waals surface area contributed by atoms with Gasteiger partial charge in [-0.3, -0.25) is 4.98 Å². The summed E-state index contributed by atoms with van der Waals surface area (Å²) in [5, 5.41) is 9.41. The molecule has 0 saturated heterocycles. The summed E-state index contributed by atoms with van der Waals surface area (Å²) in [6, 6.07) is 12.9. The average Bonchev–Trinajstić information content (AvgIpc) is 3.10. The number of benzene rings is 1. The molecule has 0 bridgehead atoms. The molecule has 2 aromatic rings. The van der Waals surface area contributed by atoms with E-state index < -0.39 is 11.7 Å². The molecule has 55 heavy (non-hydrogen) atoms. The molecule has 5 nitrogen and oxygen atoms in total. The summed E-state index contributed by atoms with van der Waals surface area (Å²) in [7, 11) is 0. The van der Waals surface area contributed by atoms with Gasteiger partial charge in [0, 0.05) is 23.0 Å². The van der Waals surface area contributed by atoms with Gasteiger partial charge in [-0.1, -0.05) is 155 Å². The second-order valence-electron chi connectivity index (χ2n) is 14.6. The van der Waals surface area contributed by atoms with Crippen molar-refractivity contribution in [1.29, 1.82) is 5.26 Å².